The number of rotatable bonds is 4. The van der Waals surface area contributed by atoms with E-state index in [2.05, 4.69) is 15.6 Å². The van der Waals surface area contributed by atoms with Crippen LogP contribution >= 0.6 is 23.0 Å². The van der Waals surface area contributed by atoms with E-state index in [4.69, 9.17) is 13.5 Å². The van der Waals surface area contributed by atoms with E-state index in [0.29, 0.717) is 6.54 Å². The lowest BCUT2D eigenvalue weighted by Crippen LogP contribution is -2.52. The molecule has 5 N–H and O–H groups in total. The predicted molar refractivity (Wildman–Crippen MR) is 88.2 cm³/mol. The van der Waals surface area contributed by atoms with E-state index >= 15 is 0 Å². The van der Waals surface area contributed by atoms with Crippen molar-refractivity contribution in [3.63, 3.8) is 0 Å². The number of nitrogens with two attached hydrogens (primary N) is 1. The Balaban J connectivity index is 1.45. The molecule has 0 aromatic rings. The fourth-order valence-corrected chi connectivity index (χ4v) is 4.33. The van der Waals surface area contributed by atoms with Crippen molar-refractivity contribution in [2.75, 3.05) is 13.6 Å². The van der Waals surface area contributed by atoms with Gasteiger partial charge in [-0.2, -0.15) is 0 Å². The van der Waals surface area contributed by atoms with Gasteiger partial charge in [-0.05, 0) is 5.57 Å². The Bertz CT molecular complexity index is 599. The summed E-state index contributed by atoms with van der Waals surface area (Å²) in [7, 11) is 1.87. The number of aliphatic imine (C=N–C) groups is 1. The van der Waals surface area contributed by atoms with Gasteiger partial charge in [-0.15, -0.1) is 0 Å². The molecule has 7 atom stereocenters. The van der Waals surface area contributed by atoms with Gasteiger partial charge in [0.05, 0.1) is 6.04 Å². The first kappa shape index (κ1) is 15.6. The van der Waals surface area contributed by atoms with Gasteiger partial charge in [0.15, 0.2) is 5.96 Å². The number of halogens is 1. The third kappa shape index (κ3) is 2.43. The second-order valence-corrected chi connectivity index (χ2v) is 6.79. The van der Waals surface area contributed by atoms with Crippen LogP contribution in [0, 0.1) is 5.92 Å². The zero-order valence-electron chi connectivity index (χ0n) is 12.3. The summed E-state index contributed by atoms with van der Waals surface area (Å²) in [5, 5.41) is 16.0. The molecule has 4 rings (SSSR count). The minimum absolute atomic E-state index is 0.0332. The molecule has 0 aromatic heterocycles. The topological polar surface area (TPSA) is 125 Å². The number of guanidine groups is 1. The van der Waals surface area contributed by atoms with Gasteiger partial charge in [0.2, 0.25) is 5.91 Å². The third-order valence-corrected chi connectivity index (χ3v) is 5.46. The van der Waals surface area contributed by atoms with E-state index in [1.807, 2.05) is 18.1 Å². The van der Waals surface area contributed by atoms with Crippen molar-refractivity contribution in [2.24, 2.45) is 16.6 Å². The number of nitrogens with one attached hydrogen (secondary N) is 2. The molecule has 0 radical (unpaired) electrons. The van der Waals surface area contributed by atoms with Crippen LogP contribution in [0.25, 0.3) is 0 Å². The Kier molecular flexibility index (Phi) is 3.76. The average molecular weight is 435 g/mol. The molecule has 0 spiro atoms. The highest BCUT2D eigenvalue weighted by Crippen LogP contribution is 2.41. The monoisotopic (exact) mass is 435 g/mol. The van der Waals surface area contributed by atoms with Gasteiger partial charge in [-0.1, -0.05) is 0 Å². The van der Waals surface area contributed by atoms with E-state index in [-0.39, 0.29) is 48.3 Å². The summed E-state index contributed by atoms with van der Waals surface area (Å²) in [4.78, 5) is 18.4. The molecule has 0 bridgehead atoms. The number of epoxide rings is 1. The Morgan fingerprint density at radius 1 is 1.61 bits per heavy atom. The maximum absolute atomic E-state index is 12.2. The standard InChI is InChI=1S/C13H18IN5O4/c1-19-3-4(5-11(19)17-13(15)18-12(5)21)2-16-6-8(23-14)7(20)10-9(6)22-10/h3,5-11,16,20H,2H2,1H3,(H3,15,17,18,21). The fourth-order valence-electron chi connectivity index (χ4n) is 3.71. The van der Waals surface area contributed by atoms with E-state index in [9.17, 15) is 9.90 Å². The SMILES string of the molecule is CN1C=C(CNC2C(OI)C(O)C3OC23)C2C(=O)NC(N)=NC21. The largest absolute Gasteiger partial charge is 0.387 e. The van der Waals surface area contributed by atoms with Crippen LogP contribution in [0.4, 0.5) is 0 Å². The second kappa shape index (κ2) is 5.55. The molecule has 7 unspecified atom stereocenters. The van der Waals surface area contributed by atoms with Crippen molar-refractivity contribution in [2.45, 2.75) is 36.6 Å². The zero-order valence-corrected chi connectivity index (χ0v) is 14.5. The van der Waals surface area contributed by atoms with Crippen LogP contribution in [-0.4, -0.2) is 72.1 Å². The summed E-state index contributed by atoms with van der Waals surface area (Å²) in [5.74, 6) is -0.355. The molecular formula is C13H18IN5O4. The van der Waals surface area contributed by atoms with Crippen molar-refractivity contribution in [1.29, 1.82) is 0 Å². The number of aliphatic hydroxyl groups excluding tert-OH is 1. The lowest BCUT2D eigenvalue weighted by Gasteiger charge is -2.28. The molecule has 126 valence electrons. The summed E-state index contributed by atoms with van der Waals surface area (Å²) in [6.45, 7) is 0.495. The van der Waals surface area contributed by atoms with E-state index in [0.717, 1.165) is 5.57 Å². The summed E-state index contributed by atoms with van der Waals surface area (Å²) < 4.78 is 10.8. The molecule has 10 heteroatoms. The molecule has 9 nitrogen and oxygen atoms in total. The van der Waals surface area contributed by atoms with Crippen LogP contribution in [0.1, 0.15) is 0 Å². The number of hydrogen-bond acceptors (Lipinski definition) is 8. The van der Waals surface area contributed by atoms with Gasteiger partial charge in [-0.3, -0.25) is 10.1 Å². The summed E-state index contributed by atoms with van der Waals surface area (Å²) in [6.07, 6.45) is 0.502. The normalized spacial score (nSPS) is 44.4. The second-order valence-electron chi connectivity index (χ2n) is 6.28. The van der Waals surface area contributed by atoms with E-state index in [1.54, 1.807) is 23.0 Å². The lowest BCUT2D eigenvalue weighted by atomic mass is 9.97. The molecule has 2 fully saturated rings. The van der Waals surface area contributed by atoms with Crippen molar-refractivity contribution in [3.05, 3.63) is 11.8 Å². The first-order valence-electron chi connectivity index (χ1n) is 7.42. The fraction of sp³-hybridized carbons (Fsp3) is 0.692. The van der Waals surface area contributed by atoms with Crippen LogP contribution in [0.15, 0.2) is 16.8 Å². The molecule has 23 heavy (non-hydrogen) atoms. The van der Waals surface area contributed by atoms with Gasteiger partial charge >= 0.3 is 0 Å². The Labute approximate surface area is 146 Å². The average Bonchev–Trinajstić information content (AvgIpc) is 3.16. The first-order chi connectivity index (χ1) is 11.0. The van der Waals surface area contributed by atoms with Gasteiger partial charge in [0.1, 0.15) is 59.5 Å². The number of ether oxygens (including phenoxy) is 1. The van der Waals surface area contributed by atoms with Crippen molar-refractivity contribution < 1.29 is 17.7 Å². The van der Waals surface area contributed by atoms with Crippen LogP contribution in [0.5, 0.6) is 0 Å². The molecule has 1 saturated carbocycles. The van der Waals surface area contributed by atoms with E-state index in [1.165, 1.54) is 0 Å². The maximum Gasteiger partial charge on any atom is 0.238 e. The number of aliphatic hydroxyl groups is 1. The van der Waals surface area contributed by atoms with Crippen molar-refractivity contribution in [3.8, 4) is 0 Å². The summed E-state index contributed by atoms with van der Waals surface area (Å²) >= 11 is 1.80. The van der Waals surface area contributed by atoms with E-state index < -0.39 is 6.10 Å². The lowest BCUT2D eigenvalue weighted by molar-refractivity contribution is -0.124. The Morgan fingerprint density at radius 3 is 3.13 bits per heavy atom. The molecule has 0 aromatic carbocycles. The highest BCUT2D eigenvalue weighted by atomic mass is 127. The van der Waals surface area contributed by atoms with Gasteiger partial charge in [0, 0.05) is 19.8 Å². The van der Waals surface area contributed by atoms with Crippen LogP contribution in [0.3, 0.4) is 0 Å². The quantitative estimate of drug-likeness (QED) is 0.299. The van der Waals surface area contributed by atoms with Crippen LogP contribution in [-0.2, 0) is 12.6 Å². The third-order valence-electron chi connectivity index (χ3n) is 4.88. The molecular weight excluding hydrogens is 417 g/mol. The van der Waals surface area contributed by atoms with Crippen LogP contribution in [0.2, 0.25) is 0 Å². The molecule has 4 aliphatic rings. The van der Waals surface area contributed by atoms with Crippen molar-refractivity contribution in [1.82, 2.24) is 15.5 Å². The van der Waals surface area contributed by atoms with Crippen molar-refractivity contribution >= 4 is 34.9 Å². The maximum atomic E-state index is 12.2. The predicted octanol–water partition coefficient (Wildman–Crippen LogP) is -1.96. The molecule has 1 amide bonds. The molecule has 3 heterocycles. The highest BCUT2D eigenvalue weighted by molar-refractivity contribution is 14.1. The zero-order chi connectivity index (χ0) is 16.3. The number of hydrogen-bond donors (Lipinski definition) is 4. The molecule has 1 saturated heterocycles. The number of nitrogens with zero attached hydrogens (tertiary/aromatic N) is 2. The number of carbonyl (C=O) groups is 1. The smallest absolute Gasteiger partial charge is 0.238 e. The first-order valence-corrected chi connectivity index (χ1v) is 8.30. The molecule has 3 aliphatic heterocycles. The number of carbonyl (C=O) groups excluding carboxylic acids is 1. The van der Waals surface area contributed by atoms with Gasteiger partial charge in [-0.25, -0.2) is 4.99 Å². The van der Waals surface area contributed by atoms with Crippen LogP contribution < -0.4 is 16.4 Å². The Hall–Kier alpha value is -0.950. The number of fused-ring (bicyclic) bond motifs is 2. The molecule has 1 aliphatic carbocycles. The van der Waals surface area contributed by atoms with Gasteiger partial charge in [0.25, 0.3) is 0 Å². The highest BCUT2D eigenvalue weighted by Gasteiger charge is 2.62. The minimum atomic E-state index is -0.621. The number of amides is 1. The summed E-state index contributed by atoms with van der Waals surface area (Å²) in [6, 6.07) is -0.0996. The summed E-state index contributed by atoms with van der Waals surface area (Å²) in [5.41, 5.74) is 6.56. The minimum Gasteiger partial charge on any atom is -0.387 e. The van der Waals surface area contributed by atoms with Gasteiger partial charge < -0.3 is 28.9 Å². The Morgan fingerprint density at radius 2 is 2.39 bits per heavy atom.